The van der Waals surface area contributed by atoms with Crippen LogP contribution in [0.5, 0.6) is 0 Å². The van der Waals surface area contributed by atoms with Crippen molar-refractivity contribution in [1.82, 2.24) is 24.3 Å². The van der Waals surface area contributed by atoms with E-state index >= 15 is 17.6 Å². The molecule has 5 heterocycles. The Bertz CT molecular complexity index is 2190. The molecule has 0 spiro atoms. The van der Waals surface area contributed by atoms with E-state index in [-0.39, 0.29) is 86.0 Å². The van der Waals surface area contributed by atoms with Crippen LogP contribution >= 0.6 is 23.1 Å². The molecular weight excluding hydrogens is 705 g/mol. The number of anilines is 2. The summed E-state index contributed by atoms with van der Waals surface area (Å²) < 4.78 is 62.7. The number of nitrogens with two attached hydrogens (primary N) is 1. The second-order valence-electron chi connectivity index (χ2n) is 13.4. The molecule has 266 valence electrons. The van der Waals surface area contributed by atoms with E-state index in [1.165, 1.54) is 36.7 Å². The normalized spacial score (nSPS) is 20.3. The van der Waals surface area contributed by atoms with Gasteiger partial charge in [0.15, 0.2) is 0 Å². The predicted octanol–water partition coefficient (Wildman–Crippen LogP) is 5.15. The van der Waals surface area contributed by atoms with Gasteiger partial charge in [-0.25, -0.2) is 9.18 Å². The number of hydrogen-bond acceptors (Lipinski definition) is 10. The Labute approximate surface area is 298 Å². The van der Waals surface area contributed by atoms with Gasteiger partial charge in [0, 0.05) is 91.9 Å². The molecular formula is C35H34F4N8O2S2. The molecule has 2 saturated heterocycles. The van der Waals surface area contributed by atoms with Gasteiger partial charge < -0.3 is 15.5 Å². The number of rotatable bonds is 6. The molecule has 0 radical (unpaired) electrons. The standard InChI is InChI=1S/C35H34F4N8O2S2/c1-2-26(48)45-11-13-46(14-12-45)33-22-15-24(35(37,38)39)28(21-5-6-25(36)30-27(21)23(16-40)32(41)51-30)31-29(22)47(34(49)42-33)20(18-50-31)17-43-7-9-44(10-8-43)19-3-4-19/h2,5-6,15,19-20H,1,3-4,7-14,17-18,41H2. The minimum atomic E-state index is -4.87. The predicted molar refractivity (Wildman–Crippen MR) is 191 cm³/mol. The number of aromatic nitrogens is 2. The van der Waals surface area contributed by atoms with Crippen LogP contribution in [0.4, 0.5) is 28.4 Å². The Hall–Kier alpha value is -4.17. The summed E-state index contributed by atoms with van der Waals surface area (Å²) in [6.45, 7) is 8.64. The van der Waals surface area contributed by atoms with E-state index in [1.807, 2.05) is 6.07 Å². The molecule has 4 aliphatic rings. The van der Waals surface area contributed by atoms with E-state index in [2.05, 4.69) is 21.4 Å². The van der Waals surface area contributed by atoms with Crippen molar-refractivity contribution in [1.29, 1.82) is 5.26 Å². The second-order valence-corrected chi connectivity index (χ2v) is 15.5. The van der Waals surface area contributed by atoms with Crippen molar-refractivity contribution in [3.63, 3.8) is 0 Å². The van der Waals surface area contributed by atoms with Crippen LogP contribution in [0.15, 0.2) is 40.5 Å². The minimum absolute atomic E-state index is 0.00816. The number of thiophene rings is 1. The highest BCUT2D eigenvalue weighted by atomic mass is 32.2. The maximum atomic E-state index is 15.3. The number of nitrogen functional groups attached to an aromatic ring is 1. The molecule has 2 aromatic heterocycles. The van der Waals surface area contributed by atoms with E-state index < -0.39 is 23.2 Å². The van der Waals surface area contributed by atoms with Gasteiger partial charge in [-0.2, -0.15) is 23.4 Å². The summed E-state index contributed by atoms with van der Waals surface area (Å²) in [4.78, 5) is 39.3. The van der Waals surface area contributed by atoms with Gasteiger partial charge in [0.2, 0.25) is 5.91 Å². The Balaban J connectivity index is 1.34. The van der Waals surface area contributed by atoms with Crippen molar-refractivity contribution < 1.29 is 22.4 Å². The molecule has 1 unspecified atom stereocenters. The monoisotopic (exact) mass is 738 g/mol. The summed E-state index contributed by atoms with van der Waals surface area (Å²) in [7, 11) is 0. The lowest BCUT2D eigenvalue weighted by Gasteiger charge is -2.39. The summed E-state index contributed by atoms with van der Waals surface area (Å²) in [6, 6.07) is 5.66. The molecule has 1 saturated carbocycles. The number of benzene rings is 2. The lowest BCUT2D eigenvalue weighted by Crippen LogP contribution is -2.50. The molecule has 2 N–H and O–H groups in total. The molecule has 1 amide bonds. The van der Waals surface area contributed by atoms with E-state index in [9.17, 15) is 14.9 Å². The summed E-state index contributed by atoms with van der Waals surface area (Å²) in [5.74, 6) is -0.514. The number of amides is 1. The molecule has 51 heavy (non-hydrogen) atoms. The Morgan fingerprint density at radius 3 is 2.49 bits per heavy atom. The van der Waals surface area contributed by atoms with Crippen molar-refractivity contribution >= 4 is 60.8 Å². The first-order valence-corrected chi connectivity index (χ1v) is 18.7. The van der Waals surface area contributed by atoms with Gasteiger partial charge in [-0.1, -0.05) is 12.6 Å². The van der Waals surface area contributed by atoms with Gasteiger partial charge in [0.25, 0.3) is 0 Å². The minimum Gasteiger partial charge on any atom is -0.389 e. The maximum absolute atomic E-state index is 15.3. The maximum Gasteiger partial charge on any atom is 0.417 e. The third kappa shape index (κ3) is 5.84. The summed E-state index contributed by atoms with van der Waals surface area (Å²) in [5, 5.41) is 10.2. The first kappa shape index (κ1) is 33.9. The number of thioether (sulfide) groups is 1. The molecule has 0 bridgehead atoms. The van der Waals surface area contributed by atoms with E-state index in [1.54, 1.807) is 14.4 Å². The van der Waals surface area contributed by atoms with Crippen LogP contribution < -0.4 is 16.3 Å². The Kier molecular flexibility index (Phi) is 8.52. The fourth-order valence-electron chi connectivity index (χ4n) is 7.78. The van der Waals surface area contributed by atoms with Crippen LogP contribution in [0.2, 0.25) is 0 Å². The van der Waals surface area contributed by atoms with Crippen LogP contribution in [-0.2, 0) is 11.0 Å². The van der Waals surface area contributed by atoms with Gasteiger partial charge in [0.05, 0.1) is 27.4 Å². The first-order valence-electron chi connectivity index (χ1n) is 16.8. The molecule has 10 nitrogen and oxygen atoms in total. The van der Waals surface area contributed by atoms with Crippen molar-refractivity contribution in [3.8, 4) is 17.2 Å². The van der Waals surface area contributed by atoms with E-state index in [4.69, 9.17) is 5.73 Å². The highest BCUT2D eigenvalue weighted by Crippen LogP contribution is 2.52. The number of alkyl halides is 3. The van der Waals surface area contributed by atoms with Gasteiger partial charge in [0.1, 0.15) is 22.7 Å². The van der Waals surface area contributed by atoms with Gasteiger partial charge in [-0.05, 0) is 36.6 Å². The lowest BCUT2D eigenvalue weighted by molar-refractivity contribution is -0.137. The number of halogens is 4. The van der Waals surface area contributed by atoms with Crippen molar-refractivity contribution in [3.05, 3.63) is 58.3 Å². The highest BCUT2D eigenvalue weighted by molar-refractivity contribution is 7.99. The summed E-state index contributed by atoms with van der Waals surface area (Å²) in [6.07, 6.45) is -1.22. The summed E-state index contributed by atoms with van der Waals surface area (Å²) >= 11 is 2.05. The fraction of sp³-hybridized carbons (Fsp3) is 0.429. The smallest absolute Gasteiger partial charge is 0.389 e. The van der Waals surface area contributed by atoms with Gasteiger partial charge in [-0.15, -0.1) is 23.1 Å². The molecule has 3 fully saturated rings. The van der Waals surface area contributed by atoms with E-state index in [0.717, 1.165) is 49.6 Å². The molecule has 4 aromatic rings. The first-order chi connectivity index (χ1) is 24.5. The number of hydrogen-bond donors (Lipinski definition) is 1. The molecule has 1 atom stereocenters. The number of nitriles is 1. The Morgan fingerprint density at radius 1 is 1.12 bits per heavy atom. The molecule has 8 rings (SSSR count). The number of carbonyl (C=O) groups is 1. The third-order valence-corrected chi connectivity index (χ3v) is 12.7. The SMILES string of the molecule is C=CC(=O)N1CCN(c2nc(=O)n3c4c(c(-c5ccc(F)c6sc(N)c(C#N)c56)c(C(F)(F)F)cc24)SCC3CN2CCN(C3CC3)CC2)CC1. The largest absolute Gasteiger partial charge is 0.417 e. The van der Waals surface area contributed by atoms with Crippen LogP contribution in [0.25, 0.3) is 32.1 Å². The highest BCUT2D eigenvalue weighted by Gasteiger charge is 2.41. The van der Waals surface area contributed by atoms with Crippen molar-refractivity contribution in [2.45, 2.75) is 36.0 Å². The molecule has 2 aromatic carbocycles. The number of carbonyl (C=O) groups excluding carboxylic acids is 1. The van der Waals surface area contributed by atoms with Gasteiger partial charge >= 0.3 is 11.9 Å². The third-order valence-electron chi connectivity index (χ3n) is 10.4. The van der Waals surface area contributed by atoms with Crippen molar-refractivity contribution in [2.75, 3.05) is 75.3 Å². The van der Waals surface area contributed by atoms with Crippen LogP contribution in [0.3, 0.4) is 0 Å². The second kappa shape index (κ2) is 12.8. The number of nitrogens with zero attached hydrogens (tertiary/aromatic N) is 7. The fourth-order valence-corrected chi connectivity index (χ4v) is 10.1. The van der Waals surface area contributed by atoms with Crippen LogP contribution in [-0.4, -0.2) is 101 Å². The number of fused-ring (bicyclic) bond motifs is 1. The zero-order valence-corrected chi connectivity index (χ0v) is 29.1. The van der Waals surface area contributed by atoms with Crippen LogP contribution in [0.1, 0.15) is 30.0 Å². The molecule has 1 aliphatic carbocycles. The molecule has 16 heteroatoms. The topological polar surface area (TPSA) is 115 Å². The average molecular weight is 739 g/mol. The number of piperazine rings is 2. The molecule has 3 aliphatic heterocycles. The van der Waals surface area contributed by atoms with Gasteiger partial charge in [-0.3, -0.25) is 19.2 Å². The van der Waals surface area contributed by atoms with E-state index in [0.29, 0.717) is 23.9 Å². The zero-order valence-electron chi connectivity index (χ0n) is 27.5. The Morgan fingerprint density at radius 2 is 1.84 bits per heavy atom. The summed E-state index contributed by atoms with van der Waals surface area (Å²) in [5.41, 5.74) is 4.59. The quantitative estimate of drug-likeness (QED) is 0.212. The lowest BCUT2D eigenvalue weighted by atomic mass is 9.92. The van der Waals surface area contributed by atoms with Crippen molar-refractivity contribution in [2.24, 2.45) is 0 Å². The zero-order chi connectivity index (χ0) is 35.8. The van der Waals surface area contributed by atoms with Crippen LogP contribution in [0, 0.1) is 17.1 Å². The average Bonchev–Trinajstić information content (AvgIpc) is 3.91.